The Morgan fingerprint density at radius 3 is 2.63 bits per heavy atom. The third kappa shape index (κ3) is 2.71. The van der Waals surface area contributed by atoms with E-state index in [0.717, 1.165) is 4.68 Å². The largest absolute Gasteiger partial charge is 0.493 e. The lowest BCUT2D eigenvalue weighted by Crippen LogP contribution is -2.06. The zero-order valence-electron chi connectivity index (χ0n) is 9.44. The first-order chi connectivity index (χ1) is 8.90. The number of ether oxygens (including phenoxy) is 1. The molecule has 0 unspecified atom stereocenters. The summed E-state index contributed by atoms with van der Waals surface area (Å²) in [4.78, 5) is 3.62. The fourth-order valence-electron chi connectivity index (χ4n) is 1.48. The number of aromatic nitrogens is 3. The van der Waals surface area contributed by atoms with Crippen LogP contribution in [0.3, 0.4) is 0 Å². The number of halogens is 4. The second-order valence-corrected chi connectivity index (χ2v) is 4.24. The highest BCUT2D eigenvalue weighted by molar-refractivity contribution is 6.34. The molecule has 0 saturated heterocycles. The van der Waals surface area contributed by atoms with Gasteiger partial charge < -0.3 is 9.84 Å². The summed E-state index contributed by atoms with van der Waals surface area (Å²) >= 11 is 11.5. The lowest BCUT2D eigenvalue weighted by Gasteiger charge is -2.03. The number of aromatic hydroxyl groups is 1. The Hall–Kier alpha value is -1.60. The van der Waals surface area contributed by atoms with Gasteiger partial charge in [-0.15, -0.1) is 0 Å². The third-order valence-electron chi connectivity index (χ3n) is 2.24. The van der Waals surface area contributed by atoms with Crippen LogP contribution in [0.5, 0.6) is 11.8 Å². The first-order valence-electron chi connectivity index (χ1n) is 4.93. The van der Waals surface area contributed by atoms with Crippen LogP contribution < -0.4 is 4.74 Å². The molecular weight excluding hydrogens is 303 g/mol. The lowest BCUT2D eigenvalue weighted by atomic mass is 10.2. The minimum atomic E-state index is -3.03. The molecule has 0 aliphatic rings. The molecule has 2 aromatic rings. The van der Waals surface area contributed by atoms with Gasteiger partial charge in [0.25, 0.3) is 0 Å². The Morgan fingerprint density at radius 2 is 2.05 bits per heavy atom. The maximum atomic E-state index is 12.2. The van der Waals surface area contributed by atoms with Crippen LogP contribution >= 0.6 is 23.2 Å². The summed E-state index contributed by atoms with van der Waals surface area (Å²) in [5.41, 5.74) is 0.232. The molecule has 9 heteroatoms. The van der Waals surface area contributed by atoms with Crippen molar-refractivity contribution in [2.75, 3.05) is 0 Å². The van der Waals surface area contributed by atoms with E-state index in [1.165, 1.54) is 19.2 Å². The van der Waals surface area contributed by atoms with Crippen molar-refractivity contribution in [1.82, 2.24) is 14.8 Å². The number of aryl methyl sites for hydroxylation is 1. The topological polar surface area (TPSA) is 60.2 Å². The highest BCUT2D eigenvalue weighted by Crippen LogP contribution is 2.38. The Kier molecular flexibility index (Phi) is 3.77. The first-order valence-corrected chi connectivity index (χ1v) is 5.69. The average molecular weight is 310 g/mol. The molecule has 0 radical (unpaired) electrons. The van der Waals surface area contributed by atoms with Gasteiger partial charge in [-0.1, -0.05) is 23.2 Å². The molecule has 0 fully saturated rings. The van der Waals surface area contributed by atoms with Gasteiger partial charge >= 0.3 is 6.61 Å². The molecule has 2 rings (SSSR count). The Labute approximate surface area is 116 Å². The van der Waals surface area contributed by atoms with Crippen LogP contribution in [0.2, 0.25) is 10.2 Å². The Bertz CT molecular complexity index is 619. The van der Waals surface area contributed by atoms with E-state index in [1.807, 2.05) is 0 Å². The molecule has 1 N–H and O–H groups in total. The SMILES string of the molecule is Cn1nc(-c2ccc(Cl)nc2O)c(Cl)c1OC(F)F. The Balaban J connectivity index is 2.51. The third-order valence-corrected chi connectivity index (χ3v) is 2.79. The molecule has 102 valence electrons. The van der Waals surface area contributed by atoms with Crippen LogP contribution in [0.15, 0.2) is 12.1 Å². The van der Waals surface area contributed by atoms with Gasteiger partial charge in [-0.25, -0.2) is 9.67 Å². The van der Waals surface area contributed by atoms with Crippen molar-refractivity contribution in [3.05, 3.63) is 22.3 Å². The normalized spacial score (nSPS) is 11.1. The van der Waals surface area contributed by atoms with Gasteiger partial charge in [0.2, 0.25) is 11.8 Å². The maximum absolute atomic E-state index is 12.2. The number of nitrogens with zero attached hydrogens (tertiary/aromatic N) is 3. The minimum Gasteiger partial charge on any atom is -0.493 e. The fraction of sp³-hybridized carbons (Fsp3) is 0.200. The molecule has 0 aliphatic carbocycles. The Morgan fingerprint density at radius 1 is 1.37 bits per heavy atom. The summed E-state index contributed by atoms with van der Waals surface area (Å²) in [6.07, 6.45) is 0. The number of hydrogen-bond acceptors (Lipinski definition) is 4. The van der Waals surface area contributed by atoms with Gasteiger partial charge in [0.1, 0.15) is 15.9 Å². The highest BCUT2D eigenvalue weighted by Gasteiger charge is 2.22. The van der Waals surface area contributed by atoms with E-state index in [-0.39, 0.29) is 27.3 Å². The number of hydrogen-bond donors (Lipinski definition) is 1. The van der Waals surface area contributed by atoms with Crippen LogP contribution in [0.25, 0.3) is 11.3 Å². The zero-order chi connectivity index (χ0) is 14.2. The van der Waals surface area contributed by atoms with Gasteiger partial charge in [-0.2, -0.15) is 13.9 Å². The molecule has 2 heterocycles. The van der Waals surface area contributed by atoms with E-state index in [4.69, 9.17) is 23.2 Å². The summed E-state index contributed by atoms with van der Waals surface area (Å²) in [7, 11) is 1.38. The number of rotatable bonds is 3. The summed E-state index contributed by atoms with van der Waals surface area (Å²) in [5, 5.41) is 13.5. The summed E-state index contributed by atoms with van der Waals surface area (Å²) < 4.78 is 29.7. The van der Waals surface area contributed by atoms with Gasteiger partial charge in [0.05, 0.1) is 5.56 Å². The molecule has 19 heavy (non-hydrogen) atoms. The van der Waals surface area contributed by atoms with E-state index in [1.54, 1.807) is 0 Å². The zero-order valence-corrected chi connectivity index (χ0v) is 11.0. The predicted molar refractivity (Wildman–Crippen MR) is 64.8 cm³/mol. The smallest absolute Gasteiger partial charge is 0.388 e. The molecule has 2 aromatic heterocycles. The lowest BCUT2D eigenvalue weighted by molar-refractivity contribution is -0.0552. The van der Waals surface area contributed by atoms with Gasteiger partial charge in [-0.05, 0) is 12.1 Å². The second kappa shape index (κ2) is 5.18. The van der Waals surface area contributed by atoms with E-state index in [9.17, 15) is 13.9 Å². The quantitative estimate of drug-likeness (QED) is 0.885. The van der Waals surface area contributed by atoms with E-state index >= 15 is 0 Å². The average Bonchev–Trinajstić information content (AvgIpc) is 2.57. The van der Waals surface area contributed by atoms with E-state index in [0.29, 0.717) is 0 Å². The molecule has 0 aliphatic heterocycles. The van der Waals surface area contributed by atoms with Crippen LogP contribution in [-0.2, 0) is 7.05 Å². The number of pyridine rings is 1. The van der Waals surface area contributed by atoms with Crippen LogP contribution in [-0.4, -0.2) is 26.5 Å². The van der Waals surface area contributed by atoms with Crippen LogP contribution in [0.1, 0.15) is 0 Å². The molecule has 5 nitrogen and oxygen atoms in total. The minimum absolute atomic E-state index is 0.0708. The summed E-state index contributed by atoms with van der Waals surface area (Å²) in [6.45, 7) is -3.03. The molecule has 0 saturated carbocycles. The molecule has 0 aromatic carbocycles. The monoisotopic (exact) mass is 309 g/mol. The van der Waals surface area contributed by atoms with Gasteiger partial charge in [0.15, 0.2) is 0 Å². The van der Waals surface area contributed by atoms with Gasteiger partial charge in [0, 0.05) is 7.05 Å². The van der Waals surface area contributed by atoms with E-state index < -0.39 is 12.5 Å². The van der Waals surface area contributed by atoms with Crippen LogP contribution in [0.4, 0.5) is 8.78 Å². The second-order valence-electron chi connectivity index (χ2n) is 3.47. The molecule has 0 spiro atoms. The summed E-state index contributed by atoms with van der Waals surface area (Å²) in [6, 6.07) is 2.83. The van der Waals surface area contributed by atoms with Crippen molar-refractivity contribution in [3.8, 4) is 23.0 Å². The van der Waals surface area contributed by atoms with Crippen molar-refractivity contribution in [2.24, 2.45) is 7.05 Å². The highest BCUT2D eigenvalue weighted by atomic mass is 35.5. The molecular formula is C10H7Cl2F2N3O2. The van der Waals surface area contributed by atoms with Gasteiger partial charge in [-0.3, -0.25) is 0 Å². The molecule has 0 amide bonds. The van der Waals surface area contributed by atoms with E-state index in [2.05, 4.69) is 14.8 Å². The maximum Gasteiger partial charge on any atom is 0.388 e. The van der Waals surface area contributed by atoms with Crippen molar-refractivity contribution >= 4 is 23.2 Å². The summed E-state index contributed by atoms with van der Waals surface area (Å²) in [5.74, 6) is -0.711. The van der Waals surface area contributed by atoms with Crippen molar-refractivity contribution in [3.63, 3.8) is 0 Å². The molecule has 0 atom stereocenters. The first kappa shape index (κ1) is 13.8. The van der Waals surface area contributed by atoms with Crippen molar-refractivity contribution in [2.45, 2.75) is 6.61 Å². The predicted octanol–water partition coefficient (Wildman–Crippen LogP) is 3.10. The van der Waals surface area contributed by atoms with Crippen molar-refractivity contribution in [1.29, 1.82) is 0 Å². The molecule has 0 bridgehead atoms. The fourth-order valence-corrected chi connectivity index (χ4v) is 1.93. The van der Waals surface area contributed by atoms with Crippen molar-refractivity contribution < 1.29 is 18.6 Å². The van der Waals surface area contributed by atoms with Crippen LogP contribution in [0, 0.1) is 0 Å². The number of alkyl halides is 2. The standard InChI is InChI=1S/C10H7Cl2F2N3O2/c1-17-9(19-10(13)14)6(12)7(16-17)4-2-3-5(11)15-8(4)18/h2-3,10H,1H3,(H,15,18).